The Labute approximate surface area is 134 Å². The summed E-state index contributed by atoms with van der Waals surface area (Å²) in [5, 5.41) is 12.8. The number of hydrogen-bond acceptors (Lipinski definition) is 5. The Morgan fingerprint density at radius 3 is 2.61 bits per heavy atom. The number of aromatic carboxylic acids is 1. The maximum atomic E-state index is 14.3. The van der Waals surface area contributed by atoms with E-state index in [1.165, 1.54) is 12.3 Å². The number of nitrogens with one attached hydrogen (secondary N) is 1. The number of hydrogen-bond donors (Lipinski definition) is 3. The maximum Gasteiger partial charge on any atom is 0.358 e. The Balaban J connectivity index is 2.41. The zero-order valence-corrected chi connectivity index (χ0v) is 14.2. The van der Waals surface area contributed by atoms with Crippen LogP contribution in [0.1, 0.15) is 16.2 Å². The molecular weight excluding hydrogens is 315 g/mol. The Hall–Kier alpha value is -2.32. The van der Waals surface area contributed by atoms with Crippen molar-refractivity contribution in [3.05, 3.63) is 41.6 Å². The highest BCUT2D eigenvalue weighted by Crippen LogP contribution is 2.21. The average molecular weight is 334 g/mol. The maximum absolute atomic E-state index is 14.3. The molecule has 0 aliphatic rings. The number of carboxylic acid groups (broad SMARTS) is 1. The lowest BCUT2D eigenvalue weighted by Crippen LogP contribution is -2.37. The molecule has 0 radical (unpaired) electrons. The van der Waals surface area contributed by atoms with Gasteiger partial charge in [-0.15, -0.1) is 0 Å². The number of rotatable bonds is 5. The number of anilines is 2. The van der Waals surface area contributed by atoms with Crippen molar-refractivity contribution in [2.75, 3.05) is 5.32 Å². The number of carboxylic acids is 1. The van der Waals surface area contributed by atoms with Crippen molar-refractivity contribution in [1.29, 1.82) is 0 Å². The van der Waals surface area contributed by atoms with Gasteiger partial charge in [0, 0.05) is 6.54 Å². The van der Waals surface area contributed by atoms with E-state index in [0.29, 0.717) is 5.69 Å². The summed E-state index contributed by atoms with van der Waals surface area (Å²) in [5.74, 6) is -1.73. The fraction of sp³-hybridized carbons (Fsp3) is 0.267. The van der Waals surface area contributed by atoms with E-state index in [4.69, 9.17) is 10.8 Å². The molecule has 0 unspecified atom stereocenters. The van der Waals surface area contributed by atoms with Gasteiger partial charge in [-0.25, -0.2) is 19.2 Å². The number of halogens is 1. The third-order valence-corrected chi connectivity index (χ3v) is 5.37. The van der Waals surface area contributed by atoms with E-state index in [-0.39, 0.29) is 23.7 Å². The van der Waals surface area contributed by atoms with Crippen LogP contribution < -0.4 is 16.2 Å². The van der Waals surface area contributed by atoms with Crippen molar-refractivity contribution >= 4 is 30.7 Å². The van der Waals surface area contributed by atoms with Gasteiger partial charge in [0.05, 0.1) is 25.7 Å². The van der Waals surface area contributed by atoms with Crippen molar-refractivity contribution < 1.29 is 14.3 Å². The van der Waals surface area contributed by atoms with E-state index in [9.17, 15) is 9.18 Å². The van der Waals surface area contributed by atoms with Crippen molar-refractivity contribution in [2.45, 2.75) is 26.2 Å². The van der Waals surface area contributed by atoms with Gasteiger partial charge in [0.15, 0.2) is 11.5 Å². The topological polar surface area (TPSA) is 101 Å². The first-order valence-electron chi connectivity index (χ1n) is 7.08. The third-order valence-electron chi connectivity index (χ3n) is 3.32. The fourth-order valence-electron chi connectivity index (χ4n) is 1.98. The summed E-state index contributed by atoms with van der Waals surface area (Å²) in [6.07, 6.45) is 1.29. The molecule has 0 aliphatic carbocycles. The van der Waals surface area contributed by atoms with Crippen LogP contribution in [0.15, 0.2) is 24.4 Å². The molecule has 2 aromatic rings. The van der Waals surface area contributed by atoms with Crippen LogP contribution in [0, 0.1) is 5.82 Å². The molecule has 0 aliphatic heterocycles. The van der Waals surface area contributed by atoms with Crippen molar-refractivity contribution in [3.63, 3.8) is 0 Å². The molecule has 122 valence electrons. The first kappa shape index (κ1) is 17.0. The molecule has 0 fully saturated rings. The molecule has 1 aromatic carbocycles. The van der Waals surface area contributed by atoms with Crippen LogP contribution in [-0.4, -0.2) is 29.1 Å². The van der Waals surface area contributed by atoms with E-state index in [1.54, 1.807) is 6.07 Å². The van der Waals surface area contributed by atoms with Crippen LogP contribution in [0.3, 0.4) is 0 Å². The Bertz CT molecular complexity index is 747. The summed E-state index contributed by atoms with van der Waals surface area (Å²) in [6, 6.07) is 4.92. The largest absolute Gasteiger partial charge is 0.476 e. The summed E-state index contributed by atoms with van der Waals surface area (Å²) in [7, 11) is -1.63. The monoisotopic (exact) mass is 334 g/mol. The highest BCUT2D eigenvalue weighted by Gasteiger charge is 2.19. The van der Waals surface area contributed by atoms with E-state index in [0.717, 1.165) is 5.19 Å². The molecular formula is C15H19FN4O2Si. The molecule has 1 heterocycles. The molecule has 8 heteroatoms. The highest BCUT2D eigenvalue weighted by molar-refractivity contribution is 6.88. The van der Waals surface area contributed by atoms with Gasteiger partial charge in [-0.05, 0) is 12.1 Å². The molecule has 2 rings (SSSR count). The molecule has 23 heavy (non-hydrogen) atoms. The fourth-order valence-corrected chi connectivity index (χ4v) is 3.12. The lowest BCUT2D eigenvalue weighted by atomic mass is 10.3. The highest BCUT2D eigenvalue weighted by atomic mass is 28.3. The van der Waals surface area contributed by atoms with Crippen LogP contribution in [0.2, 0.25) is 19.6 Å². The SMILES string of the molecule is C[Si](C)(C)c1ccc(Nc2nc(CN)cnc2C(=O)O)c(F)c1. The first-order chi connectivity index (χ1) is 10.7. The number of benzene rings is 1. The second-order valence-corrected chi connectivity index (χ2v) is 11.2. The minimum absolute atomic E-state index is 0.0277. The van der Waals surface area contributed by atoms with Crippen LogP contribution in [0.5, 0.6) is 0 Å². The zero-order valence-electron chi connectivity index (χ0n) is 13.2. The van der Waals surface area contributed by atoms with Gasteiger partial charge >= 0.3 is 5.97 Å². The van der Waals surface area contributed by atoms with Crippen LogP contribution in [-0.2, 0) is 6.54 Å². The van der Waals surface area contributed by atoms with Gasteiger partial charge in [-0.1, -0.05) is 30.9 Å². The van der Waals surface area contributed by atoms with Crippen LogP contribution in [0.25, 0.3) is 0 Å². The van der Waals surface area contributed by atoms with Crippen molar-refractivity contribution in [3.8, 4) is 0 Å². The number of nitrogens with zero attached hydrogens (tertiary/aromatic N) is 2. The van der Waals surface area contributed by atoms with Gasteiger partial charge in [0.2, 0.25) is 0 Å². The van der Waals surface area contributed by atoms with Crippen LogP contribution >= 0.6 is 0 Å². The summed E-state index contributed by atoms with van der Waals surface area (Å²) >= 11 is 0. The third kappa shape index (κ3) is 3.91. The summed E-state index contributed by atoms with van der Waals surface area (Å²) < 4.78 is 14.3. The number of nitrogens with two attached hydrogens (primary N) is 1. The van der Waals surface area contributed by atoms with Gasteiger partial charge in [0.1, 0.15) is 5.82 Å². The Kier molecular flexibility index (Phi) is 4.76. The summed E-state index contributed by atoms with van der Waals surface area (Å²) in [6.45, 7) is 6.47. The van der Waals surface area contributed by atoms with E-state index in [1.807, 2.05) is 6.07 Å². The smallest absolute Gasteiger partial charge is 0.358 e. The quantitative estimate of drug-likeness (QED) is 0.724. The van der Waals surface area contributed by atoms with Gasteiger partial charge in [0.25, 0.3) is 0 Å². The van der Waals surface area contributed by atoms with Crippen molar-refractivity contribution in [2.24, 2.45) is 5.73 Å². The van der Waals surface area contributed by atoms with E-state index >= 15 is 0 Å². The molecule has 0 amide bonds. The first-order valence-corrected chi connectivity index (χ1v) is 10.6. The molecule has 6 nitrogen and oxygen atoms in total. The lowest BCUT2D eigenvalue weighted by Gasteiger charge is -2.18. The average Bonchev–Trinajstić information content (AvgIpc) is 2.47. The minimum Gasteiger partial charge on any atom is -0.476 e. The van der Waals surface area contributed by atoms with Gasteiger partial charge in [-0.3, -0.25) is 0 Å². The summed E-state index contributed by atoms with van der Waals surface area (Å²) in [5.41, 5.74) is 5.77. The second-order valence-electron chi connectivity index (χ2n) is 6.14. The molecule has 0 saturated carbocycles. The number of aromatic nitrogens is 2. The minimum atomic E-state index is -1.63. The Morgan fingerprint density at radius 1 is 1.39 bits per heavy atom. The molecule has 0 saturated heterocycles. The second kappa shape index (κ2) is 6.43. The number of carbonyl (C=O) groups is 1. The summed E-state index contributed by atoms with van der Waals surface area (Å²) in [4.78, 5) is 19.1. The van der Waals surface area contributed by atoms with E-state index in [2.05, 4.69) is 34.9 Å². The van der Waals surface area contributed by atoms with Gasteiger partial charge < -0.3 is 16.2 Å². The van der Waals surface area contributed by atoms with Gasteiger partial charge in [-0.2, -0.15) is 0 Å². The van der Waals surface area contributed by atoms with Crippen LogP contribution in [0.4, 0.5) is 15.9 Å². The van der Waals surface area contributed by atoms with Crippen molar-refractivity contribution in [1.82, 2.24) is 9.97 Å². The predicted molar refractivity (Wildman–Crippen MR) is 89.5 cm³/mol. The molecule has 0 bridgehead atoms. The normalized spacial score (nSPS) is 11.3. The van der Waals surface area contributed by atoms with E-state index < -0.39 is 19.9 Å². The molecule has 1 aromatic heterocycles. The molecule has 4 N–H and O–H groups in total. The zero-order chi connectivity index (χ0) is 17.2. The standard InChI is InChI=1S/C15H19FN4O2Si/c1-23(2,3)10-4-5-12(11(16)6-10)20-14-13(15(21)22)18-8-9(7-17)19-14/h4-6,8H,7,17H2,1-3H3,(H,19,20)(H,21,22). The lowest BCUT2D eigenvalue weighted by molar-refractivity contribution is 0.0691. The molecule has 0 atom stereocenters. The molecule has 0 spiro atoms. The predicted octanol–water partition coefficient (Wildman–Crippen LogP) is 2.06. The Morgan fingerprint density at radius 2 is 2.09 bits per heavy atom.